The molecule has 2 saturated heterocycles. The molecule has 2 aliphatic rings. The molecule has 2 aliphatic heterocycles. The fraction of sp³-hybridized carbons (Fsp3) is 0.200. The van der Waals surface area contributed by atoms with Crippen molar-refractivity contribution in [2.75, 3.05) is 17.1 Å². The van der Waals surface area contributed by atoms with Crippen molar-refractivity contribution >= 4 is 39.1 Å². The van der Waals surface area contributed by atoms with Crippen molar-refractivity contribution in [3.8, 4) is 5.75 Å². The molecule has 0 aliphatic carbocycles. The van der Waals surface area contributed by atoms with Crippen LogP contribution in [0.25, 0.3) is 0 Å². The number of nitrogens with zero attached hydrogens (tertiary/aromatic N) is 2. The van der Waals surface area contributed by atoms with Crippen LogP contribution in [-0.2, 0) is 14.4 Å². The highest BCUT2D eigenvalue weighted by molar-refractivity contribution is 9.10. The molecule has 3 atom stereocenters. The molecule has 2 amide bonds. The minimum Gasteiger partial charge on any atom is -0.497 e. The van der Waals surface area contributed by atoms with Gasteiger partial charge in [-0.3, -0.25) is 14.4 Å². The van der Waals surface area contributed by atoms with Crippen LogP contribution in [0.2, 0.25) is 0 Å². The van der Waals surface area contributed by atoms with Crippen LogP contribution < -0.4 is 14.7 Å². The normalized spacial score (nSPS) is 22.4. The van der Waals surface area contributed by atoms with Crippen molar-refractivity contribution < 1.29 is 19.2 Å². The van der Waals surface area contributed by atoms with E-state index in [9.17, 15) is 9.59 Å². The Labute approximate surface area is 194 Å². The van der Waals surface area contributed by atoms with E-state index in [1.165, 1.54) is 4.90 Å². The minimum absolute atomic E-state index is 0.265. The molecule has 0 spiro atoms. The van der Waals surface area contributed by atoms with Crippen LogP contribution in [0.4, 0.5) is 11.4 Å². The first kappa shape index (κ1) is 20.7. The van der Waals surface area contributed by atoms with Crippen molar-refractivity contribution in [2.24, 2.45) is 5.92 Å². The summed E-state index contributed by atoms with van der Waals surface area (Å²) in [5, 5.41) is 1.72. The van der Waals surface area contributed by atoms with E-state index in [1.807, 2.05) is 67.6 Å². The van der Waals surface area contributed by atoms with Gasteiger partial charge in [-0.1, -0.05) is 46.3 Å². The quantitative estimate of drug-likeness (QED) is 0.488. The Morgan fingerprint density at radius 3 is 2.25 bits per heavy atom. The first-order valence-corrected chi connectivity index (χ1v) is 11.1. The molecule has 6 nitrogen and oxygen atoms in total. The van der Waals surface area contributed by atoms with E-state index in [1.54, 1.807) is 24.3 Å². The Balaban J connectivity index is 1.59. The lowest BCUT2D eigenvalue weighted by Gasteiger charge is -2.29. The van der Waals surface area contributed by atoms with Gasteiger partial charge in [0.2, 0.25) is 5.91 Å². The number of fused-ring (bicyclic) bond motifs is 1. The van der Waals surface area contributed by atoms with Crippen molar-refractivity contribution in [2.45, 2.75) is 19.1 Å². The molecule has 162 valence electrons. The molecule has 3 aromatic rings. The Morgan fingerprint density at radius 1 is 0.906 bits per heavy atom. The summed E-state index contributed by atoms with van der Waals surface area (Å²) in [6, 6.07) is 22.0. The number of methoxy groups -OCH3 is 1. The van der Waals surface area contributed by atoms with Crippen LogP contribution in [0.5, 0.6) is 5.75 Å². The highest BCUT2D eigenvalue weighted by atomic mass is 79.9. The Bertz CT molecular complexity index is 1180. The summed E-state index contributed by atoms with van der Waals surface area (Å²) in [6.07, 6.45) is -0.891. The Morgan fingerprint density at radius 2 is 1.59 bits per heavy atom. The molecule has 0 N–H and O–H groups in total. The average Bonchev–Trinajstić information content (AvgIpc) is 3.31. The molecular formula is C25H21BrN2O4. The number of carbonyl (C=O) groups excluding carboxylic acids is 2. The van der Waals surface area contributed by atoms with Crippen molar-refractivity contribution in [1.82, 2.24) is 0 Å². The Hall–Kier alpha value is -3.16. The monoisotopic (exact) mass is 492 g/mol. The van der Waals surface area contributed by atoms with Crippen LogP contribution in [0.1, 0.15) is 17.2 Å². The van der Waals surface area contributed by atoms with Gasteiger partial charge in [0.25, 0.3) is 5.91 Å². The van der Waals surface area contributed by atoms with Gasteiger partial charge in [-0.2, -0.15) is 0 Å². The number of anilines is 2. The van der Waals surface area contributed by atoms with Crippen LogP contribution in [-0.4, -0.2) is 25.0 Å². The van der Waals surface area contributed by atoms with Gasteiger partial charge in [-0.05, 0) is 60.5 Å². The zero-order chi connectivity index (χ0) is 22.4. The second-order valence-electron chi connectivity index (χ2n) is 7.87. The van der Waals surface area contributed by atoms with Gasteiger partial charge < -0.3 is 4.74 Å². The standard InChI is InChI=1S/C25H21BrN2O4/c1-15-5-3-4-6-20(15)28-22(16-7-13-19(31-2)14-8-16)21-23(32-28)25(30)27(24(21)29)18-11-9-17(26)10-12-18/h3-14,21-23H,1-2H3/t21-,22-,23+/m0/s1. The molecule has 2 heterocycles. The first-order chi connectivity index (χ1) is 15.5. The average molecular weight is 493 g/mol. The highest BCUT2D eigenvalue weighted by Gasteiger charge is 2.60. The Kier molecular flexibility index (Phi) is 5.23. The minimum atomic E-state index is -0.891. The molecule has 0 unspecified atom stereocenters. The smallest absolute Gasteiger partial charge is 0.266 e. The van der Waals surface area contributed by atoms with Crippen LogP contribution in [0.3, 0.4) is 0 Å². The number of imide groups is 1. The summed E-state index contributed by atoms with van der Waals surface area (Å²) in [4.78, 5) is 34.4. The number of amides is 2. The van der Waals surface area contributed by atoms with Crippen molar-refractivity contribution in [1.29, 1.82) is 0 Å². The fourth-order valence-corrected chi connectivity index (χ4v) is 4.68. The summed E-state index contributed by atoms with van der Waals surface area (Å²) >= 11 is 3.40. The third kappa shape index (κ3) is 3.29. The number of benzene rings is 3. The number of para-hydroxylation sites is 1. The van der Waals surface area contributed by atoms with Gasteiger partial charge in [0, 0.05) is 4.47 Å². The number of rotatable bonds is 4. The fourth-order valence-electron chi connectivity index (χ4n) is 4.42. The molecule has 7 heteroatoms. The molecule has 5 rings (SSSR count). The molecule has 0 radical (unpaired) electrons. The second kappa shape index (κ2) is 8.07. The van der Waals surface area contributed by atoms with Crippen LogP contribution in [0.15, 0.2) is 77.3 Å². The van der Waals surface area contributed by atoms with E-state index >= 15 is 0 Å². The number of carbonyl (C=O) groups is 2. The molecule has 2 fully saturated rings. The number of ether oxygens (including phenoxy) is 1. The lowest BCUT2D eigenvalue weighted by atomic mass is 9.90. The molecular weight excluding hydrogens is 472 g/mol. The largest absolute Gasteiger partial charge is 0.497 e. The summed E-state index contributed by atoms with van der Waals surface area (Å²) < 4.78 is 6.17. The number of hydrogen-bond acceptors (Lipinski definition) is 5. The molecule has 3 aromatic carbocycles. The van der Waals surface area contributed by atoms with E-state index < -0.39 is 18.1 Å². The van der Waals surface area contributed by atoms with Crippen LogP contribution >= 0.6 is 15.9 Å². The summed E-state index contributed by atoms with van der Waals surface area (Å²) in [5.74, 6) is -0.563. The molecule has 32 heavy (non-hydrogen) atoms. The zero-order valence-electron chi connectivity index (χ0n) is 17.6. The van der Waals surface area contributed by atoms with Gasteiger partial charge in [-0.15, -0.1) is 0 Å². The highest BCUT2D eigenvalue weighted by Crippen LogP contribution is 2.48. The van der Waals surface area contributed by atoms with Crippen molar-refractivity contribution in [3.63, 3.8) is 0 Å². The maximum atomic E-state index is 13.6. The molecule has 0 saturated carbocycles. The first-order valence-electron chi connectivity index (χ1n) is 10.3. The van der Waals surface area contributed by atoms with Crippen LogP contribution in [0, 0.1) is 12.8 Å². The van der Waals surface area contributed by atoms with E-state index in [0.717, 1.165) is 27.0 Å². The van der Waals surface area contributed by atoms with Gasteiger partial charge in [-0.25, -0.2) is 9.96 Å². The summed E-state index contributed by atoms with van der Waals surface area (Å²) in [7, 11) is 1.61. The van der Waals surface area contributed by atoms with Gasteiger partial charge in [0.1, 0.15) is 11.7 Å². The maximum absolute atomic E-state index is 13.6. The topological polar surface area (TPSA) is 59.1 Å². The van der Waals surface area contributed by atoms with E-state index in [0.29, 0.717) is 5.69 Å². The summed E-state index contributed by atoms with van der Waals surface area (Å²) in [6.45, 7) is 1.98. The van der Waals surface area contributed by atoms with E-state index in [4.69, 9.17) is 9.57 Å². The van der Waals surface area contributed by atoms with E-state index in [-0.39, 0.29) is 11.8 Å². The second-order valence-corrected chi connectivity index (χ2v) is 8.79. The maximum Gasteiger partial charge on any atom is 0.266 e. The SMILES string of the molecule is COc1ccc([C@H]2[C@@H]3C(=O)N(c4ccc(Br)cc4)C(=O)[C@@H]3ON2c2ccccc2C)cc1. The lowest BCUT2D eigenvalue weighted by Crippen LogP contribution is -2.37. The number of hydroxylamine groups is 1. The predicted octanol–water partition coefficient (Wildman–Crippen LogP) is 4.82. The summed E-state index contributed by atoms with van der Waals surface area (Å²) in [5.41, 5.74) is 3.24. The number of hydrogen-bond donors (Lipinski definition) is 0. The zero-order valence-corrected chi connectivity index (χ0v) is 19.2. The number of aryl methyl sites for hydroxylation is 1. The van der Waals surface area contributed by atoms with Gasteiger partial charge in [0.05, 0.1) is 24.5 Å². The number of halogens is 1. The third-order valence-electron chi connectivity index (χ3n) is 6.01. The molecule has 0 aromatic heterocycles. The predicted molar refractivity (Wildman–Crippen MR) is 124 cm³/mol. The third-order valence-corrected chi connectivity index (χ3v) is 6.54. The molecule has 0 bridgehead atoms. The van der Waals surface area contributed by atoms with Gasteiger partial charge in [0.15, 0.2) is 6.10 Å². The van der Waals surface area contributed by atoms with Gasteiger partial charge >= 0.3 is 0 Å². The van der Waals surface area contributed by atoms with E-state index in [2.05, 4.69) is 15.9 Å². The van der Waals surface area contributed by atoms with Crippen molar-refractivity contribution in [3.05, 3.63) is 88.4 Å². The lowest BCUT2D eigenvalue weighted by molar-refractivity contribution is -0.126.